The van der Waals surface area contributed by atoms with Gasteiger partial charge in [-0.05, 0) is 18.6 Å². The first-order chi connectivity index (χ1) is 12.8. The molecule has 0 fully saturated rings. The third-order valence-electron chi connectivity index (χ3n) is 4.96. The molecule has 1 rings (SSSR count). The van der Waals surface area contributed by atoms with Crippen LogP contribution in [0.3, 0.4) is 0 Å². The van der Waals surface area contributed by atoms with Gasteiger partial charge in [0.2, 0.25) is 0 Å². The number of unbranched alkanes of at least 4 members (excludes halogenated alkanes) is 14. The van der Waals surface area contributed by atoms with Gasteiger partial charge in [0.25, 0.3) is 0 Å². The average Bonchev–Trinajstić information content (AvgIpc) is 2.65. The summed E-state index contributed by atoms with van der Waals surface area (Å²) < 4.78 is 5.29. The number of ether oxygens (including phenoxy) is 1. The first-order valence-corrected chi connectivity index (χ1v) is 11.1. The Kier molecular flexibility index (Phi) is 20.6. The molecule has 1 aromatic carbocycles. The van der Waals surface area contributed by atoms with E-state index in [9.17, 15) is 4.79 Å². The number of para-hydroxylation sites is 1. The summed E-state index contributed by atoms with van der Waals surface area (Å²) in [6.45, 7) is 2.28. The molecular weight excluding hydrogens is 360 g/mol. The van der Waals surface area contributed by atoms with Gasteiger partial charge in [0.05, 0.1) is 0 Å². The summed E-state index contributed by atoms with van der Waals surface area (Å²) in [6, 6.07) is 9.34. The summed E-state index contributed by atoms with van der Waals surface area (Å²) in [7, 11) is 0. The number of rotatable bonds is 17. The molecule has 0 aromatic heterocycles. The van der Waals surface area contributed by atoms with Crippen molar-refractivity contribution in [2.45, 2.75) is 110 Å². The van der Waals surface area contributed by atoms with Gasteiger partial charge >= 0.3 is 5.97 Å². The Balaban J connectivity index is 0.00000676. The number of hydrogen-bond donors (Lipinski definition) is 0. The largest absolute Gasteiger partial charge is 0.427 e. The van der Waals surface area contributed by atoms with Crippen LogP contribution in [0.1, 0.15) is 110 Å². The Labute approximate surface area is 197 Å². The minimum atomic E-state index is -0.106. The van der Waals surface area contributed by atoms with Crippen LogP contribution in [-0.4, -0.2) is 43.7 Å². The number of carbonyl (C=O) groups excluding carboxylic acids is 1. The number of esters is 1. The first kappa shape index (κ1) is 26.9. The maximum Gasteiger partial charge on any atom is 0.311 e. The fourth-order valence-electron chi connectivity index (χ4n) is 3.31. The van der Waals surface area contributed by atoms with E-state index in [-0.39, 0.29) is 43.7 Å². The van der Waals surface area contributed by atoms with Crippen LogP contribution >= 0.6 is 0 Å². The van der Waals surface area contributed by atoms with Crippen molar-refractivity contribution in [3.8, 4) is 5.75 Å². The van der Waals surface area contributed by atoms with E-state index in [0.717, 1.165) is 12.8 Å². The third kappa shape index (κ3) is 17.8. The summed E-state index contributed by atoms with van der Waals surface area (Å²) in [6.07, 6.45) is 20.7. The van der Waals surface area contributed by atoms with Gasteiger partial charge in [0, 0.05) is 44.2 Å². The summed E-state index contributed by atoms with van der Waals surface area (Å²) in [4.78, 5) is 11.7. The van der Waals surface area contributed by atoms with Gasteiger partial charge in [0.15, 0.2) is 0 Å². The standard InChI is InChI=1S/C24H40O2.Ca/c1-2-3-4-5-6-7-8-9-10-11-12-13-14-15-19-22-24(25)26-23-20-17-16-18-21-23;/h16-18,20-21H,2-15,19,22H2,1H3;. The molecule has 0 amide bonds. The molecule has 3 heteroatoms. The molecule has 0 aliphatic rings. The Morgan fingerprint density at radius 1 is 0.667 bits per heavy atom. The summed E-state index contributed by atoms with van der Waals surface area (Å²) in [5.74, 6) is 0.546. The average molecular weight is 401 g/mol. The fourth-order valence-corrected chi connectivity index (χ4v) is 3.31. The molecule has 0 saturated carbocycles. The molecule has 0 N–H and O–H groups in total. The van der Waals surface area contributed by atoms with Crippen LogP contribution in [0.5, 0.6) is 5.75 Å². The van der Waals surface area contributed by atoms with E-state index in [2.05, 4.69) is 6.92 Å². The van der Waals surface area contributed by atoms with E-state index in [4.69, 9.17) is 4.74 Å². The van der Waals surface area contributed by atoms with Crippen molar-refractivity contribution in [3.63, 3.8) is 0 Å². The number of benzene rings is 1. The maximum atomic E-state index is 11.7. The minimum Gasteiger partial charge on any atom is -0.427 e. The van der Waals surface area contributed by atoms with Crippen LogP contribution in [0.2, 0.25) is 0 Å². The van der Waals surface area contributed by atoms with Crippen molar-refractivity contribution in [3.05, 3.63) is 30.3 Å². The minimum absolute atomic E-state index is 0. The predicted molar refractivity (Wildman–Crippen MR) is 117 cm³/mol. The van der Waals surface area contributed by atoms with E-state index in [0.29, 0.717) is 12.2 Å². The van der Waals surface area contributed by atoms with Crippen LogP contribution in [0, 0.1) is 0 Å². The normalized spacial score (nSPS) is 10.4. The monoisotopic (exact) mass is 400 g/mol. The topological polar surface area (TPSA) is 26.3 Å². The predicted octanol–water partition coefficient (Wildman–Crippen LogP) is 7.47. The Hall–Kier alpha value is -0.0503. The fraction of sp³-hybridized carbons (Fsp3) is 0.708. The van der Waals surface area contributed by atoms with E-state index in [1.807, 2.05) is 30.3 Å². The molecule has 0 aliphatic carbocycles. The van der Waals surface area contributed by atoms with E-state index >= 15 is 0 Å². The van der Waals surface area contributed by atoms with Gasteiger partial charge < -0.3 is 4.74 Å². The van der Waals surface area contributed by atoms with Crippen LogP contribution in [0.25, 0.3) is 0 Å². The van der Waals surface area contributed by atoms with Gasteiger partial charge in [-0.25, -0.2) is 0 Å². The van der Waals surface area contributed by atoms with Gasteiger partial charge in [-0.1, -0.05) is 115 Å². The van der Waals surface area contributed by atoms with Gasteiger partial charge in [-0.2, -0.15) is 0 Å². The molecule has 0 spiro atoms. The SMILES string of the molecule is CCCCCCCCCCCCCCCCCC(=O)Oc1ccccc1.[Ca]. The molecule has 150 valence electrons. The summed E-state index contributed by atoms with van der Waals surface area (Å²) >= 11 is 0. The van der Waals surface area contributed by atoms with Crippen molar-refractivity contribution in [1.82, 2.24) is 0 Å². The van der Waals surface area contributed by atoms with Crippen molar-refractivity contribution in [1.29, 1.82) is 0 Å². The smallest absolute Gasteiger partial charge is 0.311 e. The van der Waals surface area contributed by atoms with Crippen molar-refractivity contribution >= 4 is 43.7 Å². The van der Waals surface area contributed by atoms with Gasteiger partial charge in [0.1, 0.15) is 5.75 Å². The molecule has 0 unspecified atom stereocenters. The van der Waals surface area contributed by atoms with Gasteiger partial charge in [-0.3, -0.25) is 4.79 Å². The maximum absolute atomic E-state index is 11.7. The van der Waals surface area contributed by atoms with Crippen LogP contribution < -0.4 is 4.74 Å². The van der Waals surface area contributed by atoms with Crippen molar-refractivity contribution in [2.75, 3.05) is 0 Å². The second-order valence-electron chi connectivity index (χ2n) is 7.49. The number of carbonyl (C=O) groups is 1. The second-order valence-corrected chi connectivity index (χ2v) is 7.49. The second kappa shape index (κ2) is 20.7. The Bertz CT molecular complexity index is 433. The molecule has 0 aliphatic heterocycles. The first-order valence-electron chi connectivity index (χ1n) is 11.1. The molecule has 2 nitrogen and oxygen atoms in total. The van der Waals surface area contributed by atoms with E-state index in [1.165, 1.54) is 83.5 Å². The summed E-state index contributed by atoms with van der Waals surface area (Å²) in [5, 5.41) is 0. The quantitative estimate of drug-likeness (QED) is 0.117. The van der Waals surface area contributed by atoms with E-state index < -0.39 is 0 Å². The molecule has 0 bridgehead atoms. The zero-order valence-corrected chi connectivity index (χ0v) is 19.9. The molecule has 0 heterocycles. The van der Waals surface area contributed by atoms with Gasteiger partial charge in [-0.15, -0.1) is 0 Å². The molecular formula is C24H40CaO2. The Morgan fingerprint density at radius 2 is 1.07 bits per heavy atom. The summed E-state index contributed by atoms with van der Waals surface area (Å²) in [5.41, 5.74) is 0. The Morgan fingerprint density at radius 3 is 1.52 bits per heavy atom. The molecule has 0 saturated heterocycles. The van der Waals surface area contributed by atoms with Crippen molar-refractivity contribution < 1.29 is 9.53 Å². The molecule has 27 heavy (non-hydrogen) atoms. The van der Waals surface area contributed by atoms with Crippen molar-refractivity contribution in [2.24, 2.45) is 0 Å². The molecule has 2 radical (unpaired) electrons. The van der Waals surface area contributed by atoms with Crippen LogP contribution in [-0.2, 0) is 4.79 Å². The van der Waals surface area contributed by atoms with Crippen LogP contribution in [0.15, 0.2) is 30.3 Å². The van der Waals surface area contributed by atoms with E-state index in [1.54, 1.807) is 0 Å². The third-order valence-corrected chi connectivity index (χ3v) is 4.96. The number of hydrogen-bond acceptors (Lipinski definition) is 2. The molecule has 0 atom stereocenters. The molecule has 1 aromatic rings. The zero-order valence-electron chi connectivity index (χ0n) is 17.7. The zero-order chi connectivity index (χ0) is 18.7. The van der Waals surface area contributed by atoms with Crippen LogP contribution in [0.4, 0.5) is 0 Å².